The van der Waals surface area contributed by atoms with Crippen molar-refractivity contribution in [1.82, 2.24) is 0 Å². The van der Waals surface area contributed by atoms with E-state index in [0.29, 0.717) is 0 Å². The van der Waals surface area contributed by atoms with Crippen molar-refractivity contribution in [2.24, 2.45) is 0 Å². The van der Waals surface area contributed by atoms with E-state index in [2.05, 4.69) is 0 Å². The van der Waals surface area contributed by atoms with Gasteiger partial charge in [0, 0.05) is 19.5 Å². The largest absolute Gasteiger partial charge is 0.472 e. The molecule has 0 aliphatic rings. The molecule has 12 heavy (non-hydrogen) atoms. The number of hydrogen-bond acceptors (Lipinski definition) is 2. The summed E-state index contributed by atoms with van der Waals surface area (Å²) >= 11 is 0. The quantitative estimate of drug-likeness (QED) is 0.447. The van der Waals surface area contributed by atoms with E-state index in [4.69, 9.17) is 4.55 Å². The Morgan fingerprint density at radius 1 is 1.00 bits per heavy atom. The van der Waals surface area contributed by atoms with Crippen LogP contribution in [-0.2, 0) is 29.6 Å². The van der Waals surface area contributed by atoms with Crippen LogP contribution in [0.25, 0.3) is 0 Å². The molecular formula is C2HF5O3RuS. The average molecular weight is 301 g/mol. The second-order valence-electron chi connectivity index (χ2n) is 1.49. The Hall–Kier alpha value is 0.183. The minimum absolute atomic E-state index is 0. The van der Waals surface area contributed by atoms with Crippen LogP contribution in [0, 0.1) is 0 Å². The SMILES string of the molecule is O=S(=O)(O)C(F)(F)C(F)(F)F.[Ru]. The smallest absolute Gasteiger partial charge is 0.281 e. The van der Waals surface area contributed by atoms with Gasteiger partial charge in [-0.15, -0.1) is 0 Å². The van der Waals surface area contributed by atoms with Crippen LogP contribution in [0.5, 0.6) is 0 Å². The molecule has 0 atom stereocenters. The molecule has 0 radical (unpaired) electrons. The number of hydrogen-bond donors (Lipinski definition) is 1. The van der Waals surface area contributed by atoms with E-state index in [1.807, 2.05) is 0 Å². The Labute approximate surface area is 76.4 Å². The zero-order chi connectivity index (χ0) is 9.50. The number of halogens is 5. The molecule has 0 aromatic rings. The number of alkyl halides is 5. The predicted molar refractivity (Wildman–Crippen MR) is 22.6 cm³/mol. The second-order valence-corrected chi connectivity index (χ2v) is 2.95. The van der Waals surface area contributed by atoms with Crippen LogP contribution in [0.1, 0.15) is 0 Å². The van der Waals surface area contributed by atoms with Crippen molar-refractivity contribution in [1.29, 1.82) is 0 Å². The van der Waals surface area contributed by atoms with Crippen LogP contribution < -0.4 is 0 Å². The van der Waals surface area contributed by atoms with Gasteiger partial charge in [-0.25, -0.2) is 0 Å². The Bertz CT molecular complexity index is 242. The molecule has 76 valence electrons. The summed E-state index contributed by atoms with van der Waals surface area (Å²) in [5.41, 5.74) is 0. The van der Waals surface area contributed by atoms with Gasteiger partial charge < -0.3 is 0 Å². The van der Waals surface area contributed by atoms with E-state index in [1.165, 1.54) is 0 Å². The van der Waals surface area contributed by atoms with E-state index < -0.39 is 21.5 Å². The molecule has 0 unspecified atom stereocenters. The molecule has 1 N–H and O–H groups in total. The summed E-state index contributed by atoms with van der Waals surface area (Å²) in [6, 6.07) is 0. The molecule has 0 bridgehead atoms. The van der Waals surface area contributed by atoms with Crippen molar-refractivity contribution in [3.63, 3.8) is 0 Å². The van der Waals surface area contributed by atoms with Gasteiger partial charge in [0.05, 0.1) is 0 Å². The number of rotatable bonds is 1. The third-order valence-electron chi connectivity index (χ3n) is 0.654. The van der Waals surface area contributed by atoms with Gasteiger partial charge in [-0.1, -0.05) is 0 Å². The first-order chi connectivity index (χ1) is 4.50. The molecule has 0 aliphatic heterocycles. The zero-order valence-corrected chi connectivity index (χ0v) is 7.47. The van der Waals surface area contributed by atoms with Gasteiger partial charge in [-0.2, -0.15) is 30.4 Å². The minimum Gasteiger partial charge on any atom is -0.281 e. The fourth-order valence-corrected chi connectivity index (χ4v) is 0.439. The summed E-state index contributed by atoms with van der Waals surface area (Å²) in [7, 11) is -6.42. The van der Waals surface area contributed by atoms with Gasteiger partial charge in [0.2, 0.25) is 0 Å². The van der Waals surface area contributed by atoms with E-state index in [9.17, 15) is 30.4 Å². The van der Waals surface area contributed by atoms with Gasteiger partial charge in [-0.05, 0) is 0 Å². The molecule has 0 fully saturated rings. The summed E-state index contributed by atoms with van der Waals surface area (Å²) in [4.78, 5) is 0. The predicted octanol–water partition coefficient (Wildman–Crippen LogP) is 1.03. The summed E-state index contributed by atoms with van der Waals surface area (Å²) in [6.45, 7) is 0. The first kappa shape index (κ1) is 14.7. The van der Waals surface area contributed by atoms with Crippen molar-refractivity contribution >= 4 is 10.1 Å². The fourth-order valence-electron chi connectivity index (χ4n) is 0.146. The second kappa shape index (κ2) is 3.51. The van der Waals surface area contributed by atoms with Crippen LogP contribution in [0.4, 0.5) is 22.0 Å². The molecule has 10 heteroatoms. The fraction of sp³-hybridized carbons (Fsp3) is 1.00. The van der Waals surface area contributed by atoms with E-state index >= 15 is 0 Å². The Morgan fingerprint density at radius 3 is 1.25 bits per heavy atom. The summed E-state index contributed by atoms with van der Waals surface area (Å²) in [6.07, 6.45) is -6.29. The van der Waals surface area contributed by atoms with Crippen LogP contribution in [0.2, 0.25) is 0 Å². The molecule has 0 amide bonds. The Morgan fingerprint density at radius 2 is 1.25 bits per heavy atom. The molecule has 0 rings (SSSR count). The third-order valence-corrected chi connectivity index (χ3v) is 1.53. The van der Waals surface area contributed by atoms with Crippen LogP contribution in [0.15, 0.2) is 0 Å². The van der Waals surface area contributed by atoms with Crippen molar-refractivity contribution in [2.75, 3.05) is 0 Å². The molecule has 3 nitrogen and oxygen atoms in total. The van der Waals surface area contributed by atoms with Crippen molar-refractivity contribution in [2.45, 2.75) is 11.4 Å². The summed E-state index contributed by atoms with van der Waals surface area (Å²) in [5, 5.41) is -6.10. The molecular weight excluding hydrogens is 300 g/mol. The topological polar surface area (TPSA) is 54.4 Å². The van der Waals surface area contributed by atoms with Gasteiger partial charge >= 0.3 is 21.5 Å². The van der Waals surface area contributed by atoms with Crippen LogP contribution in [-0.4, -0.2) is 24.4 Å². The molecule has 0 aromatic carbocycles. The van der Waals surface area contributed by atoms with Crippen molar-refractivity contribution in [3.05, 3.63) is 0 Å². The minimum atomic E-state index is -6.42. The molecule has 0 saturated carbocycles. The monoisotopic (exact) mass is 302 g/mol. The Balaban J connectivity index is 0. The summed E-state index contributed by atoms with van der Waals surface area (Å²) < 4.78 is 82.2. The van der Waals surface area contributed by atoms with Gasteiger partial charge in [0.15, 0.2) is 0 Å². The van der Waals surface area contributed by atoms with Crippen molar-refractivity contribution in [3.8, 4) is 0 Å². The average Bonchev–Trinajstić information content (AvgIpc) is 1.58. The van der Waals surface area contributed by atoms with E-state index in [0.717, 1.165) is 0 Å². The molecule has 0 saturated heterocycles. The first-order valence-corrected chi connectivity index (χ1v) is 3.36. The normalized spacial score (nSPS) is 13.8. The molecule has 0 heterocycles. The zero-order valence-electron chi connectivity index (χ0n) is 4.92. The maximum atomic E-state index is 11.5. The molecule has 0 aliphatic carbocycles. The Kier molecular flexibility index (Phi) is 4.29. The molecule has 0 aromatic heterocycles. The maximum absolute atomic E-state index is 11.5. The third kappa shape index (κ3) is 2.60. The maximum Gasteiger partial charge on any atom is 0.472 e. The van der Waals surface area contributed by atoms with Crippen molar-refractivity contribution < 1.29 is 54.4 Å². The van der Waals surface area contributed by atoms with Crippen LogP contribution in [0.3, 0.4) is 0 Å². The standard InChI is InChI=1S/C2HF5O3S.Ru/c3-1(4,5)2(6,7)11(8,9)10;/h(H,8,9,10);. The summed E-state index contributed by atoms with van der Waals surface area (Å²) in [5.74, 6) is 0. The van der Waals surface area contributed by atoms with E-state index in [-0.39, 0.29) is 19.5 Å². The van der Waals surface area contributed by atoms with E-state index in [1.54, 1.807) is 0 Å². The van der Waals surface area contributed by atoms with Gasteiger partial charge in [0.1, 0.15) is 0 Å². The van der Waals surface area contributed by atoms with Gasteiger partial charge in [0.25, 0.3) is 0 Å². The molecule has 0 spiro atoms. The first-order valence-electron chi connectivity index (χ1n) is 1.91. The van der Waals surface area contributed by atoms with Gasteiger partial charge in [-0.3, -0.25) is 4.55 Å². The van der Waals surface area contributed by atoms with Crippen LogP contribution >= 0.6 is 0 Å².